The molecule has 142 valence electrons. The highest BCUT2D eigenvalue weighted by atomic mass is 16.2. The summed E-state index contributed by atoms with van der Waals surface area (Å²) in [5, 5.41) is 8.65. The molecule has 1 amide bonds. The Morgan fingerprint density at radius 3 is 2.96 bits per heavy atom. The van der Waals surface area contributed by atoms with E-state index in [1.165, 1.54) is 0 Å². The fourth-order valence-electron chi connectivity index (χ4n) is 4.06. The molecule has 3 aromatic heterocycles. The summed E-state index contributed by atoms with van der Waals surface area (Å²) in [4.78, 5) is 22.7. The summed E-state index contributed by atoms with van der Waals surface area (Å²) in [5.74, 6) is 2.22. The molecule has 4 heterocycles. The number of nitrogens with zero attached hydrogens (tertiary/aromatic N) is 5. The second-order valence-corrected chi connectivity index (χ2v) is 7.37. The molecule has 1 aliphatic rings. The van der Waals surface area contributed by atoms with E-state index < -0.39 is 0 Å². The highest BCUT2D eigenvalue weighted by Crippen LogP contribution is 2.26. The Hall–Kier alpha value is -3.22. The third-order valence-corrected chi connectivity index (χ3v) is 5.49. The van der Waals surface area contributed by atoms with Gasteiger partial charge in [0.05, 0.1) is 11.0 Å². The number of nitrogens with one attached hydrogen (secondary N) is 1. The van der Waals surface area contributed by atoms with Crippen molar-refractivity contribution in [1.29, 1.82) is 0 Å². The van der Waals surface area contributed by atoms with Crippen LogP contribution in [0, 0.1) is 0 Å². The maximum atomic E-state index is 12.8. The molecular weight excluding hydrogens is 352 g/mol. The molecule has 1 N–H and O–H groups in total. The molecule has 1 aromatic carbocycles. The van der Waals surface area contributed by atoms with Crippen LogP contribution in [-0.4, -0.2) is 48.5 Å². The number of hydrogen-bond donors (Lipinski definition) is 1. The minimum atomic E-state index is 0.180. The number of para-hydroxylation sites is 2. The van der Waals surface area contributed by atoms with Crippen LogP contribution >= 0.6 is 0 Å². The summed E-state index contributed by atoms with van der Waals surface area (Å²) in [6, 6.07) is 13.8. The fraction of sp³-hybridized carbons (Fsp3) is 0.333. The second-order valence-electron chi connectivity index (χ2n) is 7.37. The van der Waals surface area contributed by atoms with Crippen molar-refractivity contribution in [2.24, 2.45) is 0 Å². The number of aromatic amines is 1. The molecule has 0 bridgehead atoms. The Morgan fingerprint density at radius 2 is 2.04 bits per heavy atom. The van der Waals surface area contributed by atoms with E-state index in [0.717, 1.165) is 47.7 Å². The third-order valence-electron chi connectivity index (χ3n) is 5.49. The quantitative estimate of drug-likeness (QED) is 0.596. The van der Waals surface area contributed by atoms with Gasteiger partial charge in [0.2, 0.25) is 5.91 Å². The van der Waals surface area contributed by atoms with Gasteiger partial charge in [-0.2, -0.15) is 0 Å². The normalized spacial score (nSPS) is 17.4. The first-order chi connectivity index (χ1) is 13.8. The Kier molecular flexibility index (Phi) is 4.27. The SMILES string of the molecule is O=C(CCc1nc2ccccc2[nH]1)N1CCC[C@H](c2nnc3ccccn23)C1. The van der Waals surface area contributed by atoms with Crippen molar-refractivity contribution >= 4 is 22.6 Å². The Labute approximate surface area is 162 Å². The van der Waals surface area contributed by atoms with Crippen molar-refractivity contribution in [3.05, 3.63) is 60.3 Å². The van der Waals surface area contributed by atoms with Crippen molar-refractivity contribution in [2.75, 3.05) is 13.1 Å². The lowest BCUT2D eigenvalue weighted by atomic mass is 9.97. The molecule has 4 aromatic rings. The topological polar surface area (TPSA) is 79.2 Å². The lowest BCUT2D eigenvalue weighted by Crippen LogP contribution is -2.39. The van der Waals surface area contributed by atoms with Crippen LogP contribution in [0.1, 0.15) is 36.8 Å². The van der Waals surface area contributed by atoms with Gasteiger partial charge in [-0.1, -0.05) is 18.2 Å². The first kappa shape index (κ1) is 16.9. The molecule has 0 spiro atoms. The number of carbonyl (C=O) groups excluding carboxylic acids is 1. The molecule has 0 unspecified atom stereocenters. The van der Waals surface area contributed by atoms with Gasteiger partial charge in [-0.3, -0.25) is 9.20 Å². The maximum absolute atomic E-state index is 12.8. The molecule has 1 fully saturated rings. The highest BCUT2D eigenvalue weighted by Gasteiger charge is 2.27. The monoisotopic (exact) mass is 374 g/mol. The number of imidazole rings is 1. The number of likely N-dealkylation sites (tertiary alicyclic amines) is 1. The van der Waals surface area contributed by atoms with Gasteiger partial charge in [0, 0.05) is 38.0 Å². The number of aromatic nitrogens is 5. The van der Waals surface area contributed by atoms with Crippen LogP contribution in [0.2, 0.25) is 0 Å². The summed E-state index contributed by atoms with van der Waals surface area (Å²) in [6.45, 7) is 1.51. The van der Waals surface area contributed by atoms with Crippen molar-refractivity contribution in [1.82, 2.24) is 29.5 Å². The van der Waals surface area contributed by atoms with Gasteiger partial charge in [0.15, 0.2) is 5.65 Å². The number of pyridine rings is 1. The molecule has 5 rings (SSSR count). The van der Waals surface area contributed by atoms with Gasteiger partial charge in [-0.05, 0) is 37.1 Å². The van der Waals surface area contributed by atoms with Crippen LogP contribution in [0.15, 0.2) is 48.7 Å². The lowest BCUT2D eigenvalue weighted by Gasteiger charge is -2.32. The van der Waals surface area contributed by atoms with Crippen LogP contribution < -0.4 is 0 Å². The van der Waals surface area contributed by atoms with Crippen LogP contribution in [0.25, 0.3) is 16.7 Å². The summed E-state index contributed by atoms with van der Waals surface area (Å²) >= 11 is 0. The van der Waals surface area contributed by atoms with Crippen LogP contribution in [0.5, 0.6) is 0 Å². The number of fused-ring (bicyclic) bond motifs is 2. The van der Waals surface area contributed by atoms with Crippen molar-refractivity contribution in [3.8, 4) is 0 Å². The predicted octanol–water partition coefficient (Wildman–Crippen LogP) is 2.94. The minimum Gasteiger partial charge on any atom is -0.342 e. The van der Waals surface area contributed by atoms with Crippen LogP contribution in [-0.2, 0) is 11.2 Å². The molecule has 28 heavy (non-hydrogen) atoms. The van der Waals surface area contributed by atoms with Gasteiger partial charge in [-0.25, -0.2) is 4.98 Å². The summed E-state index contributed by atoms with van der Waals surface area (Å²) in [6.07, 6.45) is 5.11. The Balaban J connectivity index is 1.26. The summed E-state index contributed by atoms with van der Waals surface area (Å²) < 4.78 is 2.03. The molecule has 1 atom stereocenters. The van der Waals surface area contributed by atoms with Crippen molar-refractivity contribution < 1.29 is 4.79 Å². The van der Waals surface area contributed by atoms with E-state index in [-0.39, 0.29) is 11.8 Å². The molecule has 7 heteroatoms. The molecule has 7 nitrogen and oxygen atoms in total. The molecule has 1 saturated heterocycles. The number of aryl methyl sites for hydroxylation is 1. The van der Waals surface area contributed by atoms with E-state index in [9.17, 15) is 4.79 Å². The smallest absolute Gasteiger partial charge is 0.223 e. The van der Waals surface area contributed by atoms with Gasteiger partial charge < -0.3 is 9.88 Å². The van der Waals surface area contributed by atoms with Gasteiger partial charge in [0.1, 0.15) is 11.6 Å². The first-order valence-corrected chi connectivity index (χ1v) is 9.79. The standard InChI is InChI=1S/C21H22N6O/c28-20(11-10-18-22-16-7-1-2-8-17(16)23-18)26-12-5-6-15(14-26)21-25-24-19-9-3-4-13-27(19)21/h1-4,7-9,13,15H,5-6,10-12,14H2,(H,22,23)/t15-/m0/s1. The van der Waals surface area contributed by atoms with Crippen molar-refractivity contribution in [2.45, 2.75) is 31.6 Å². The minimum absolute atomic E-state index is 0.180. The van der Waals surface area contributed by atoms with E-state index in [1.807, 2.05) is 58.0 Å². The number of carbonyl (C=O) groups is 1. The molecular formula is C21H22N6O. The number of benzene rings is 1. The molecule has 0 saturated carbocycles. The van der Waals surface area contributed by atoms with E-state index in [2.05, 4.69) is 20.2 Å². The van der Waals surface area contributed by atoms with Gasteiger partial charge in [-0.15, -0.1) is 10.2 Å². The predicted molar refractivity (Wildman–Crippen MR) is 106 cm³/mol. The van der Waals surface area contributed by atoms with E-state index >= 15 is 0 Å². The Morgan fingerprint density at radius 1 is 1.14 bits per heavy atom. The lowest BCUT2D eigenvalue weighted by molar-refractivity contribution is -0.132. The molecule has 0 radical (unpaired) electrons. The average Bonchev–Trinajstić information content (AvgIpc) is 3.36. The highest BCUT2D eigenvalue weighted by molar-refractivity contribution is 5.77. The second kappa shape index (κ2) is 7.07. The largest absolute Gasteiger partial charge is 0.342 e. The van der Waals surface area contributed by atoms with Crippen LogP contribution in [0.4, 0.5) is 0 Å². The fourth-order valence-corrected chi connectivity index (χ4v) is 4.06. The van der Waals surface area contributed by atoms with E-state index in [1.54, 1.807) is 0 Å². The number of amides is 1. The zero-order valence-electron chi connectivity index (χ0n) is 15.6. The van der Waals surface area contributed by atoms with E-state index in [4.69, 9.17) is 0 Å². The zero-order chi connectivity index (χ0) is 18.9. The van der Waals surface area contributed by atoms with Gasteiger partial charge >= 0.3 is 0 Å². The third kappa shape index (κ3) is 3.13. The summed E-state index contributed by atoms with van der Waals surface area (Å²) in [7, 11) is 0. The first-order valence-electron chi connectivity index (χ1n) is 9.79. The number of rotatable bonds is 4. The molecule has 1 aliphatic heterocycles. The molecule has 0 aliphatic carbocycles. The number of hydrogen-bond acceptors (Lipinski definition) is 4. The van der Waals surface area contributed by atoms with Gasteiger partial charge in [0.25, 0.3) is 0 Å². The maximum Gasteiger partial charge on any atom is 0.223 e. The van der Waals surface area contributed by atoms with E-state index in [0.29, 0.717) is 19.4 Å². The summed E-state index contributed by atoms with van der Waals surface area (Å²) in [5.41, 5.74) is 2.81. The number of piperidine rings is 1. The Bertz CT molecular complexity index is 1100. The van der Waals surface area contributed by atoms with Crippen LogP contribution in [0.3, 0.4) is 0 Å². The van der Waals surface area contributed by atoms with Crippen molar-refractivity contribution in [3.63, 3.8) is 0 Å². The zero-order valence-corrected chi connectivity index (χ0v) is 15.6. The number of H-pyrrole nitrogens is 1. The average molecular weight is 374 g/mol.